The lowest BCUT2D eigenvalue weighted by atomic mass is 10.1. The van der Waals surface area contributed by atoms with Crippen molar-refractivity contribution in [3.8, 4) is 10.4 Å². The van der Waals surface area contributed by atoms with Gasteiger partial charge in [-0.15, -0.1) is 24.5 Å². The summed E-state index contributed by atoms with van der Waals surface area (Å²) in [6, 6.07) is 14.0. The molecule has 2 aromatic carbocycles. The largest absolute Gasteiger partial charge is 0.364 e. The van der Waals surface area contributed by atoms with Crippen LogP contribution in [0.4, 0.5) is 10.5 Å². The molecule has 0 saturated carbocycles. The fourth-order valence-electron chi connectivity index (χ4n) is 2.98. The molecule has 7 nitrogen and oxygen atoms in total. The number of aliphatic imine (C=N–C) groups is 1. The van der Waals surface area contributed by atoms with Crippen molar-refractivity contribution in [2.45, 2.75) is 6.92 Å². The Labute approximate surface area is 178 Å². The van der Waals surface area contributed by atoms with E-state index in [1.54, 1.807) is 24.5 Å². The molecule has 0 unspecified atom stereocenters. The third-order valence-corrected chi connectivity index (χ3v) is 5.34. The molecule has 4 aromatic rings. The van der Waals surface area contributed by atoms with E-state index in [-0.39, 0.29) is 12.8 Å². The Balaban J connectivity index is 0.00000124. The molecule has 3 N–H and O–H groups in total. The van der Waals surface area contributed by atoms with Crippen LogP contribution in [0.2, 0.25) is 0 Å². The Kier molecular flexibility index (Phi) is 6.95. The maximum atomic E-state index is 11.8. The lowest BCUT2D eigenvalue weighted by Crippen LogP contribution is -2.39. The third-order valence-electron chi connectivity index (χ3n) is 4.19. The second kappa shape index (κ2) is 9.82. The summed E-state index contributed by atoms with van der Waals surface area (Å²) in [4.78, 5) is 17.4. The summed E-state index contributed by atoms with van der Waals surface area (Å²) in [6.45, 7) is 7.88. The zero-order chi connectivity index (χ0) is 21.5. The average molecular weight is 422 g/mol. The van der Waals surface area contributed by atoms with Crippen molar-refractivity contribution < 1.29 is 9.53 Å². The van der Waals surface area contributed by atoms with Crippen LogP contribution in [-0.2, 0) is 4.74 Å². The van der Waals surface area contributed by atoms with Gasteiger partial charge in [0.2, 0.25) is 0 Å². The van der Waals surface area contributed by atoms with Gasteiger partial charge in [-0.1, -0.05) is 18.2 Å². The number of aromatic amines is 1. The number of H-pyrrole nitrogens is 1. The van der Waals surface area contributed by atoms with Crippen LogP contribution in [0.3, 0.4) is 0 Å². The Morgan fingerprint density at radius 3 is 2.80 bits per heavy atom. The minimum absolute atomic E-state index is 0.135. The molecule has 154 valence electrons. The molecule has 0 saturated heterocycles. The molecule has 0 aliphatic heterocycles. The first-order valence-electron chi connectivity index (χ1n) is 9.19. The number of hydrogen-bond donors (Lipinski definition) is 3. The van der Waals surface area contributed by atoms with Gasteiger partial charge in [-0.05, 0) is 36.6 Å². The van der Waals surface area contributed by atoms with Crippen molar-refractivity contribution in [1.82, 2.24) is 20.8 Å². The van der Waals surface area contributed by atoms with E-state index in [2.05, 4.69) is 57.2 Å². The number of fused-ring (bicyclic) bond motifs is 2. The molecule has 30 heavy (non-hydrogen) atoms. The lowest BCUT2D eigenvalue weighted by molar-refractivity contribution is 0.174. The summed E-state index contributed by atoms with van der Waals surface area (Å²) in [5, 5.41) is 14.7. The molecule has 0 spiro atoms. The van der Waals surface area contributed by atoms with E-state index in [4.69, 9.17) is 4.74 Å². The fraction of sp³-hybridized carbons (Fsp3) is 0.136. The van der Waals surface area contributed by atoms with Crippen molar-refractivity contribution in [2.75, 3.05) is 13.8 Å². The topological polar surface area (TPSA) is 91.4 Å². The Morgan fingerprint density at radius 1 is 1.23 bits per heavy atom. The van der Waals surface area contributed by atoms with Gasteiger partial charge in [-0.2, -0.15) is 5.10 Å². The number of methoxy groups -OCH3 is 1. The number of thiophene rings is 1. The number of amidine groups is 1. The van der Waals surface area contributed by atoms with Gasteiger partial charge < -0.3 is 10.1 Å². The highest BCUT2D eigenvalue weighted by Gasteiger charge is 2.12. The van der Waals surface area contributed by atoms with Crippen LogP contribution in [0.15, 0.2) is 66.8 Å². The summed E-state index contributed by atoms with van der Waals surface area (Å²) in [7, 11) is 1.51. The van der Waals surface area contributed by atoms with Crippen molar-refractivity contribution in [1.29, 1.82) is 0 Å². The number of nitrogens with one attached hydrogen (secondary N) is 3. The monoisotopic (exact) mass is 421 g/mol. The predicted octanol–water partition coefficient (Wildman–Crippen LogP) is 5.20. The molecule has 4 rings (SSSR count). The van der Waals surface area contributed by atoms with Crippen LogP contribution < -0.4 is 10.6 Å². The minimum atomic E-state index is -0.364. The standard InChI is InChI=1S/C20H19N5O2S.C2H4/c1-12(24-20(26)21-11-27-2)23-15-7-14-10-22-25-19(14)16(9-15)18-8-13-5-3-4-6-17(13)28-18;1-2/h3-10H,11H2,1-2H3,(H,22,25)(H2,21,23,24,26);1-2H2. The van der Waals surface area contributed by atoms with E-state index in [1.807, 2.05) is 24.3 Å². The van der Waals surface area contributed by atoms with E-state index < -0.39 is 0 Å². The molecule has 0 fully saturated rings. The first-order valence-corrected chi connectivity index (χ1v) is 10.0. The Bertz CT molecular complexity index is 1160. The van der Waals surface area contributed by atoms with E-state index in [1.165, 1.54) is 17.2 Å². The van der Waals surface area contributed by atoms with Gasteiger partial charge >= 0.3 is 6.03 Å². The van der Waals surface area contributed by atoms with Crippen LogP contribution in [0.25, 0.3) is 31.4 Å². The lowest BCUT2D eigenvalue weighted by Gasteiger charge is -2.07. The molecule has 0 atom stereocenters. The zero-order valence-electron chi connectivity index (χ0n) is 16.9. The maximum absolute atomic E-state index is 11.8. The molecule has 0 aliphatic carbocycles. The predicted molar refractivity (Wildman–Crippen MR) is 124 cm³/mol. The van der Waals surface area contributed by atoms with E-state index >= 15 is 0 Å². The van der Waals surface area contributed by atoms with Gasteiger partial charge in [-0.3, -0.25) is 10.4 Å². The number of ether oxygens (including phenoxy) is 1. The first-order chi connectivity index (χ1) is 14.6. The summed E-state index contributed by atoms with van der Waals surface area (Å²) < 4.78 is 6.05. The second-order valence-electron chi connectivity index (χ2n) is 6.24. The third kappa shape index (κ3) is 4.73. The average Bonchev–Trinajstić information content (AvgIpc) is 3.39. The number of aromatic nitrogens is 2. The van der Waals surface area contributed by atoms with Crippen molar-refractivity contribution in [3.05, 3.63) is 61.8 Å². The highest BCUT2D eigenvalue weighted by atomic mass is 32.1. The molecule has 0 bridgehead atoms. The van der Waals surface area contributed by atoms with E-state index in [9.17, 15) is 4.79 Å². The van der Waals surface area contributed by atoms with Gasteiger partial charge in [-0.25, -0.2) is 9.79 Å². The maximum Gasteiger partial charge on any atom is 0.321 e. The van der Waals surface area contributed by atoms with Gasteiger partial charge in [0, 0.05) is 27.6 Å². The number of amides is 2. The smallest absolute Gasteiger partial charge is 0.321 e. The van der Waals surface area contributed by atoms with Gasteiger partial charge in [0.1, 0.15) is 12.6 Å². The number of urea groups is 1. The van der Waals surface area contributed by atoms with Gasteiger partial charge in [0.05, 0.1) is 17.4 Å². The zero-order valence-corrected chi connectivity index (χ0v) is 17.7. The normalized spacial score (nSPS) is 11.2. The molecule has 0 radical (unpaired) electrons. The quantitative estimate of drug-likeness (QED) is 0.183. The molecule has 2 amide bonds. The summed E-state index contributed by atoms with van der Waals surface area (Å²) >= 11 is 1.73. The van der Waals surface area contributed by atoms with Gasteiger partial charge in [0.15, 0.2) is 0 Å². The van der Waals surface area contributed by atoms with Crippen molar-refractivity contribution >= 4 is 49.9 Å². The molecule has 8 heteroatoms. The van der Waals surface area contributed by atoms with E-state index in [0.29, 0.717) is 5.84 Å². The van der Waals surface area contributed by atoms with Crippen LogP contribution in [0, 0.1) is 0 Å². The van der Waals surface area contributed by atoms with Crippen molar-refractivity contribution in [3.63, 3.8) is 0 Å². The summed E-state index contributed by atoms with van der Waals surface area (Å²) in [6.07, 6.45) is 1.78. The first kappa shape index (κ1) is 21.2. The fourth-order valence-corrected chi connectivity index (χ4v) is 4.07. The van der Waals surface area contributed by atoms with E-state index in [0.717, 1.165) is 27.0 Å². The SMILES string of the molecule is C=C.COCNC(=O)NC(C)=Nc1cc(-c2cc3ccccc3s2)c2[nH]ncc2c1. The summed E-state index contributed by atoms with van der Waals surface area (Å²) in [5.41, 5.74) is 2.74. The molecule has 2 heterocycles. The van der Waals surface area contributed by atoms with Crippen LogP contribution in [0.1, 0.15) is 6.92 Å². The minimum Gasteiger partial charge on any atom is -0.364 e. The molecule has 0 aliphatic rings. The molecule has 2 aromatic heterocycles. The highest BCUT2D eigenvalue weighted by molar-refractivity contribution is 7.22. The number of carbonyl (C=O) groups excluding carboxylic acids is 1. The van der Waals surface area contributed by atoms with Crippen LogP contribution in [-0.4, -0.2) is 35.9 Å². The number of rotatable bonds is 4. The van der Waals surface area contributed by atoms with Crippen molar-refractivity contribution in [2.24, 2.45) is 4.99 Å². The number of benzene rings is 2. The number of nitrogens with zero attached hydrogens (tertiary/aromatic N) is 2. The number of carbonyl (C=O) groups is 1. The van der Waals surface area contributed by atoms with Crippen LogP contribution in [0.5, 0.6) is 0 Å². The van der Waals surface area contributed by atoms with Gasteiger partial charge in [0.25, 0.3) is 0 Å². The Hall–Kier alpha value is -3.49. The van der Waals surface area contributed by atoms with Crippen LogP contribution >= 0.6 is 11.3 Å². The highest BCUT2D eigenvalue weighted by Crippen LogP contribution is 2.38. The Morgan fingerprint density at radius 2 is 2.03 bits per heavy atom. The second-order valence-corrected chi connectivity index (χ2v) is 7.32. The summed E-state index contributed by atoms with van der Waals surface area (Å²) in [5.74, 6) is 0.485. The molecular weight excluding hydrogens is 398 g/mol. The molecular formula is C22H23N5O2S. The number of hydrogen-bond acceptors (Lipinski definition) is 5.